The predicted molar refractivity (Wildman–Crippen MR) is 82.9 cm³/mol. The zero-order valence-corrected chi connectivity index (χ0v) is 13.5. The van der Waals surface area contributed by atoms with Gasteiger partial charge in [-0.15, -0.1) is 0 Å². The normalized spacial score (nSPS) is 15.7. The first kappa shape index (κ1) is 17.4. The van der Waals surface area contributed by atoms with Crippen LogP contribution in [0, 0.1) is 17.6 Å². The van der Waals surface area contributed by atoms with Crippen LogP contribution in [0.25, 0.3) is 0 Å². The van der Waals surface area contributed by atoms with Crippen LogP contribution >= 0.6 is 0 Å². The molecule has 0 unspecified atom stereocenters. The Bertz CT molecular complexity index is 590. The van der Waals surface area contributed by atoms with Crippen molar-refractivity contribution in [3.8, 4) is 0 Å². The van der Waals surface area contributed by atoms with Gasteiger partial charge in [-0.3, -0.25) is 9.59 Å². The number of amides is 2. The third-order valence-corrected chi connectivity index (χ3v) is 3.88. The molecular weight excluding hydrogens is 302 g/mol. The van der Waals surface area contributed by atoms with Crippen LogP contribution in [-0.4, -0.2) is 47.8 Å². The Morgan fingerprint density at radius 2 is 1.74 bits per heavy atom. The summed E-state index contributed by atoms with van der Waals surface area (Å²) in [6.45, 7) is 5.84. The Morgan fingerprint density at radius 1 is 1.09 bits per heavy atom. The second-order valence-corrected chi connectivity index (χ2v) is 6.25. The standard InChI is InChI=1S/C17H22F2N2O2/c1-12(2)10-16(22)20-6-3-7-21(9-8-20)17(23)14-5-4-13(18)11-15(14)19/h4-5,11-12H,3,6-10H2,1-2H3. The van der Waals surface area contributed by atoms with E-state index in [0.29, 0.717) is 45.1 Å². The molecule has 23 heavy (non-hydrogen) atoms. The van der Waals surface area contributed by atoms with Gasteiger partial charge in [0.1, 0.15) is 11.6 Å². The summed E-state index contributed by atoms with van der Waals surface area (Å²) in [5.74, 6) is -1.65. The number of hydrogen-bond donors (Lipinski definition) is 0. The summed E-state index contributed by atoms with van der Waals surface area (Å²) >= 11 is 0. The first-order valence-electron chi connectivity index (χ1n) is 7.90. The van der Waals surface area contributed by atoms with Crippen molar-refractivity contribution in [3.05, 3.63) is 35.4 Å². The molecule has 1 fully saturated rings. The molecule has 0 aliphatic carbocycles. The summed E-state index contributed by atoms with van der Waals surface area (Å²) in [5.41, 5.74) is -0.131. The number of rotatable bonds is 3. The van der Waals surface area contributed by atoms with Crippen molar-refractivity contribution in [2.24, 2.45) is 5.92 Å². The van der Waals surface area contributed by atoms with Gasteiger partial charge in [-0.05, 0) is 24.5 Å². The lowest BCUT2D eigenvalue weighted by molar-refractivity contribution is -0.131. The molecule has 2 rings (SSSR count). The summed E-state index contributed by atoms with van der Waals surface area (Å²) in [4.78, 5) is 27.8. The quantitative estimate of drug-likeness (QED) is 0.858. The second kappa shape index (κ2) is 7.53. The first-order chi connectivity index (χ1) is 10.9. The van der Waals surface area contributed by atoms with Gasteiger partial charge in [0.15, 0.2) is 0 Å². The van der Waals surface area contributed by atoms with Crippen LogP contribution in [0.15, 0.2) is 18.2 Å². The highest BCUT2D eigenvalue weighted by atomic mass is 19.1. The number of halogens is 2. The van der Waals surface area contributed by atoms with E-state index in [2.05, 4.69) is 0 Å². The van der Waals surface area contributed by atoms with Gasteiger partial charge in [-0.1, -0.05) is 13.8 Å². The average molecular weight is 324 g/mol. The molecule has 6 heteroatoms. The molecule has 1 aliphatic rings. The van der Waals surface area contributed by atoms with E-state index in [-0.39, 0.29) is 17.4 Å². The van der Waals surface area contributed by atoms with Crippen molar-refractivity contribution < 1.29 is 18.4 Å². The molecule has 1 aromatic rings. The second-order valence-electron chi connectivity index (χ2n) is 6.25. The maximum Gasteiger partial charge on any atom is 0.256 e. The molecule has 2 amide bonds. The molecule has 0 bridgehead atoms. The number of benzene rings is 1. The van der Waals surface area contributed by atoms with E-state index in [4.69, 9.17) is 0 Å². The molecule has 1 heterocycles. The highest BCUT2D eigenvalue weighted by Crippen LogP contribution is 2.15. The van der Waals surface area contributed by atoms with Gasteiger partial charge in [0.2, 0.25) is 5.91 Å². The fourth-order valence-corrected chi connectivity index (χ4v) is 2.68. The van der Waals surface area contributed by atoms with Gasteiger partial charge in [0.05, 0.1) is 5.56 Å². The molecule has 0 saturated carbocycles. The van der Waals surface area contributed by atoms with Crippen molar-refractivity contribution in [2.75, 3.05) is 26.2 Å². The summed E-state index contributed by atoms with van der Waals surface area (Å²) in [7, 11) is 0. The molecule has 126 valence electrons. The Kier molecular flexibility index (Phi) is 5.69. The van der Waals surface area contributed by atoms with E-state index in [1.165, 1.54) is 11.0 Å². The molecular formula is C17H22F2N2O2. The predicted octanol–water partition coefficient (Wildman–Crippen LogP) is 2.69. The largest absolute Gasteiger partial charge is 0.341 e. The van der Waals surface area contributed by atoms with E-state index < -0.39 is 17.5 Å². The smallest absolute Gasteiger partial charge is 0.256 e. The SMILES string of the molecule is CC(C)CC(=O)N1CCCN(C(=O)c2ccc(F)cc2F)CC1. The minimum atomic E-state index is -0.855. The van der Waals surface area contributed by atoms with Crippen LogP contribution < -0.4 is 0 Å². The molecule has 4 nitrogen and oxygen atoms in total. The molecule has 1 aliphatic heterocycles. The van der Waals surface area contributed by atoms with Crippen LogP contribution in [0.4, 0.5) is 8.78 Å². The van der Waals surface area contributed by atoms with E-state index in [9.17, 15) is 18.4 Å². The van der Waals surface area contributed by atoms with Gasteiger partial charge < -0.3 is 9.80 Å². The summed E-state index contributed by atoms with van der Waals surface area (Å²) in [5, 5.41) is 0. The molecule has 0 N–H and O–H groups in total. The lowest BCUT2D eigenvalue weighted by Gasteiger charge is -2.23. The number of hydrogen-bond acceptors (Lipinski definition) is 2. The van der Waals surface area contributed by atoms with Crippen molar-refractivity contribution in [1.82, 2.24) is 9.80 Å². The molecule has 1 aromatic carbocycles. The fourth-order valence-electron chi connectivity index (χ4n) is 2.68. The Labute approximate surface area is 135 Å². The van der Waals surface area contributed by atoms with Gasteiger partial charge in [-0.25, -0.2) is 8.78 Å². The Balaban J connectivity index is 2.02. The highest BCUT2D eigenvalue weighted by molar-refractivity contribution is 5.94. The summed E-state index contributed by atoms with van der Waals surface area (Å²) in [6.07, 6.45) is 1.14. The van der Waals surface area contributed by atoms with Crippen LogP contribution in [0.3, 0.4) is 0 Å². The van der Waals surface area contributed by atoms with Crippen LogP contribution in [-0.2, 0) is 4.79 Å². The maximum absolute atomic E-state index is 13.8. The van der Waals surface area contributed by atoms with E-state index in [1.807, 2.05) is 13.8 Å². The first-order valence-corrected chi connectivity index (χ1v) is 7.90. The average Bonchev–Trinajstić information content (AvgIpc) is 2.71. The molecule has 1 saturated heterocycles. The minimum absolute atomic E-state index is 0.0854. The van der Waals surface area contributed by atoms with Gasteiger partial charge in [-0.2, -0.15) is 0 Å². The molecule has 0 aromatic heterocycles. The van der Waals surface area contributed by atoms with Crippen LogP contribution in [0.2, 0.25) is 0 Å². The topological polar surface area (TPSA) is 40.6 Å². The van der Waals surface area contributed by atoms with Gasteiger partial charge >= 0.3 is 0 Å². The highest BCUT2D eigenvalue weighted by Gasteiger charge is 2.24. The number of carbonyl (C=O) groups is 2. The van der Waals surface area contributed by atoms with Crippen molar-refractivity contribution in [2.45, 2.75) is 26.7 Å². The number of nitrogens with zero attached hydrogens (tertiary/aromatic N) is 2. The van der Waals surface area contributed by atoms with Crippen molar-refractivity contribution in [3.63, 3.8) is 0 Å². The van der Waals surface area contributed by atoms with Gasteiger partial charge in [0, 0.05) is 38.7 Å². The third-order valence-electron chi connectivity index (χ3n) is 3.88. The lowest BCUT2D eigenvalue weighted by atomic mass is 10.1. The fraction of sp³-hybridized carbons (Fsp3) is 0.529. The minimum Gasteiger partial charge on any atom is -0.341 e. The zero-order chi connectivity index (χ0) is 17.0. The number of carbonyl (C=O) groups excluding carboxylic acids is 2. The summed E-state index contributed by atoms with van der Waals surface area (Å²) < 4.78 is 26.7. The third kappa shape index (κ3) is 4.50. The Morgan fingerprint density at radius 3 is 2.39 bits per heavy atom. The van der Waals surface area contributed by atoms with E-state index >= 15 is 0 Å². The van der Waals surface area contributed by atoms with Crippen molar-refractivity contribution in [1.29, 1.82) is 0 Å². The maximum atomic E-state index is 13.8. The van der Waals surface area contributed by atoms with Crippen molar-refractivity contribution >= 4 is 11.8 Å². The molecule has 0 atom stereocenters. The monoisotopic (exact) mass is 324 g/mol. The van der Waals surface area contributed by atoms with Gasteiger partial charge in [0.25, 0.3) is 5.91 Å². The lowest BCUT2D eigenvalue weighted by Crippen LogP contribution is -2.37. The Hall–Kier alpha value is -1.98. The summed E-state index contributed by atoms with van der Waals surface area (Å²) in [6, 6.07) is 2.95. The van der Waals surface area contributed by atoms with E-state index in [0.717, 1.165) is 6.07 Å². The zero-order valence-electron chi connectivity index (χ0n) is 13.5. The molecule has 0 spiro atoms. The van der Waals surface area contributed by atoms with Crippen LogP contribution in [0.5, 0.6) is 0 Å². The van der Waals surface area contributed by atoms with Crippen LogP contribution in [0.1, 0.15) is 37.0 Å². The molecule has 0 radical (unpaired) electrons. The van der Waals surface area contributed by atoms with E-state index in [1.54, 1.807) is 4.90 Å².